The molecule has 0 bridgehead atoms. The van der Waals surface area contributed by atoms with Crippen LogP contribution in [0.3, 0.4) is 0 Å². The van der Waals surface area contributed by atoms with Crippen LogP contribution < -0.4 is 21.5 Å². The Bertz CT molecular complexity index is 364. The third-order valence-electron chi connectivity index (χ3n) is 1.67. The van der Waals surface area contributed by atoms with Gasteiger partial charge in [-0.2, -0.15) is 4.98 Å². The lowest BCUT2D eigenvalue weighted by Gasteiger charge is -2.11. The summed E-state index contributed by atoms with van der Waals surface area (Å²) in [6.07, 6.45) is 0. The number of aromatic nitrogens is 3. The van der Waals surface area contributed by atoms with E-state index in [9.17, 15) is 4.79 Å². The zero-order valence-electron chi connectivity index (χ0n) is 8.77. The number of hydrogen-bond acceptors (Lipinski definition) is 7. The molecule has 0 aliphatic rings. The van der Waals surface area contributed by atoms with Crippen LogP contribution in [0.25, 0.3) is 0 Å². The SMILES string of the molecule is CNC(=O)c1nnc(N(C)N)nc1NC. The molecule has 82 valence electrons. The number of hydrogen-bond donors (Lipinski definition) is 3. The summed E-state index contributed by atoms with van der Waals surface area (Å²) in [6.45, 7) is 0. The summed E-state index contributed by atoms with van der Waals surface area (Å²) in [6, 6.07) is 0. The van der Waals surface area contributed by atoms with Gasteiger partial charge in [0.25, 0.3) is 11.9 Å². The fourth-order valence-electron chi connectivity index (χ4n) is 0.912. The van der Waals surface area contributed by atoms with E-state index in [1.54, 1.807) is 14.1 Å². The lowest BCUT2D eigenvalue weighted by Crippen LogP contribution is -2.29. The van der Waals surface area contributed by atoms with E-state index in [0.717, 1.165) is 0 Å². The van der Waals surface area contributed by atoms with Gasteiger partial charge >= 0.3 is 0 Å². The van der Waals surface area contributed by atoms with Gasteiger partial charge in [-0.05, 0) is 0 Å². The maximum atomic E-state index is 11.3. The molecule has 0 atom stereocenters. The molecule has 0 fully saturated rings. The van der Waals surface area contributed by atoms with Crippen molar-refractivity contribution in [3.8, 4) is 0 Å². The first kappa shape index (κ1) is 11.1. The average molecular weight is 211 g/mol. The van der Waals surface area contributed by atoms with Crippen molar-refractivity contribution < 1.29 is 4.79 Å². The van der Waals surface area contributed by atoms with Gasteiger partial charge < -0.3 is 10.6 Å². The van der Waals surface area contributed by atoms with E-state index < -0.39 is 0 Å². The Balaban J connectivity index is 3.15. The van der Waals surface area contributed by atoms with Gasteiger partial charge in [0.1, 0.15) is 0 Å². The number of hydrazine groups is 1. The predicted molar refractivity (Wildman–Crippen MR) is 55.4 cm³/mol. The summed E-state index contributed by atoms with van der Waals surface area (Å²) in [5.41, 5.74) is 0.130. The van der Waals surface area contributed by atoms with Gasteiger partial charge in [0.15, 0.2) is 11.5 Å². The predicted octanol–water partition coefficient (Wildman–Crippen LogP) is -1.42. The molecule has 0 spiro atoms. The minimum atomic E-state index is -0.356. The van der Waals surface area contributed by atoms with Crippen molar-refractivity contribution in [2.75, 3.05) is 31.5 Å². The second-order valence-corrected chi connectivity index (χ2v) is 2.75. The van der Waals surface area contributed by atoms with Crippen molar-refractivity contribution in [1.82, 2.24) is 20.5 Å². The highest BCUT2D eigenvalue weighted by molar-refractivity contribution is 5.96. The van der Waals surface area contributed by atoms with Gasteiger partial charge in [0.2, 0.25) is 0 Å². The molecule has 1 heterocycles. The van der Waals surface area contributed by atoms with Crippen molar-refractivity contribution in [2.24, 2.45) is 5.84 Å². The van der Waals surface area contributed by atoms with Crippen LogP contribution in [0.15, 0.2) is 0 Å². The Morgan fingerprint density at radius 1 is 1.40 bits per heavy atom. The molecule has 0 aliphatic heterocycles. The van der Waals surface area contributed by atoms with E-state index in [-0.39, 0.29) is 17.5 Å². The Kier molecular flexibility index (Phi) is 3.34. The van der Waals surface area contributed by atoms with Crippen LogP contribution in [-0.4, -0.2) is 42.2 Å². The van der Waals surface area contributed by atoms with Gasteiger partial charge in [0.05, 0.1) is 0 Å². The molecule has 15 heavy (non-hydrogen) atoms. The topological polar surface area (TPSA) is 109 Å². The molecule has 1 rings (SSSR count). The Morgan fingerprint density at radius 2 is 2.07 bits per heavy atom. The van der Waals surface area contributed by atoms with Crippen molar-refractivity contribution in [2.45, 2.75) is 0 Å². The van der Waals surface area contributed by atoms with Crippen molar-refractivity contribution in [3.63, 3.8) is 0 Å². The smallest absolute Gasteiger partial charge is 0.275 e. The molecule has 8 nitrogen and oxygen atoms in total. The largest absolute Gasteiger partial charge is 0.371 e. The van der Waals surface area contributed by atoms with Crippen molar-refractivity contribution in [3.05, 3.63) is 5.69 Å². The van der Waals surface area contributed by atoms with Gasteiger partial charge in [0, 0.05) is 21.1 Å². The monoisotopic (exact) mass is 211 g/mol. The van der Waals surface area contributed by atoms with Gasteiger partial charge in [-0.3, -0.25) is 9.80 Å². The van der Waals surface area contributed by atoms with E-state index in [1.165, 1.54) is 12.1 Å². The molecule has 0 aromatic carbocycles. The number of nitrogens with two attached hydrogens (primary N) is 1. The van der Waals surface area contributed by atoms with Crippen LogP contribution in [0.5, 0.6) is 0 Å². The summed E-state index contributed by atoms with van der Waals surface area (Å²) < 4.78 is 0. The van der Waals surface area contributed by atoms with E-state index >= 15 is 0 Å². The minimum Gasteiger partial charge on any atom is -0.371 e. The third-order valence-corrected chi connectivity index (χ3v) is 1.67. The summed E-state index contributed by atoms with van der Waals surface area (Å²) in [4.78, 5) is 15.4. The lowest BCUT2D eigenvalue weighted by atomic mass is 10.4. The zero-order chi connectivity index (χ0) is 11.4. The molecule has 0 aliphatic carbocycles. The first-order valence-electron chi connectivity index (χ1n) is 4.23. The highest BCUT2D eigenvalue weighted by atomic mass is 16.1. The number of anilines is 2. The van der Waals surface area contributed by atoms with Crippen molar-refractivity contribution in [1.29, 1.82) is 0 Å². The highest BCUT2D eigenvalue weighted by Gasteiger charge is 2.15. The number of carbonyl (C=O) groups excluding carboxylic acids is 1. The first-order chi connectivity index (χ1) is 7.10. The van der Waals surface area contributed by atoms with Gasteiger partial charge in [-0.1, -0.05) is 0 Å². The first-order valence-corrected chi connectivity index (χ1v) is 4.23. The summed E-state index contributed by atoms with van der Waals surface area (Å²) >= 11 is 0. The molecule has 0 unspecified atom stereocenters. The van der Waals surface area contributed by atoms with Crippen LogP contribution in [0, 0.1) is 0 Å². The Morgan fingerprint density at radius 3 is 2.53 bits per heavy atom. The second kappa shape index (κ2) is 4.51. The number of nitrogens with zero attached hydrogens (tertiary/aromatic N) is 4. The van der Waals surface area contributed by atoms with Crippen LogP contribution >= 0.6 is 0 Å². The molecular formula is C7H13N7O. The minimum absolute atomic E-state index is 0.130. The summed E-state index contributed by atoms with van der Waals surface area (Å²) in [7, 11) is 4.72. The standard InChI is InChI=1S/C7H13N7O/c1-9-5-4(6(15)10-2)12-13-7(11-5)14(3)8/h8H2,1-3H3,(H,10,15)(H,9,11,13). The summed E-state index contributed by atoms with van der Waals surface area (Å²) in [5.74, 6) is 5.64. The lowest BCUT2D eigenvalue weighted by molar-refractivity contribution is 0.0957. The highest BCUT2D eigenvalue weighted by Crippen LogP contribution is 2.10. The fraction of sp³-hybridized carbons (Fsp3) is 0.429. The Labute approximate surface area is 86.8 Å². The van der Waals surface area contributed by atoms with Crippen LogP contribution in [-0.2, 0) is 0 Å². The van der Waals surface area contributed by atoms with E-state index in [1.807, 2.05) is 0 Å². The van der Waals surface area contributed by atoms with Gasteiger partial charge in [-0.15, -0.1) is 10.2 Å². The molecular weight excluding hydrogens is 198 g/mol. The van der Waals surface area contributed by atoms with Crippen LogP contribution in [0.1, 0.15) is 10.5 Å². The van der Waals surface area contributed by atoms with E-state index in [2.05, 4.69) is 25.8 Å². The van der Waals surface area contributed by atoms with Crippen LogP contribution in [0.2, 0.25) is 0 Å². The van der Waals surface area contributed by atoms with Gasteiger partial charge in [-0.25, -0.2) is 5.84 Å². The molecule has 8 heteroatoms. The van der Waals surface area contributed by atoms with Crippen LogP contribution in [0.4, 0.5) is 11.8 Å². The molecule has 1 aromatic rings. The summed E-state index contributed by atoms with van der Waals surface area (Å²) in [5, 5.41) is 13.8. The number of nitrogens with one attached hydrogen (secondary N) is 2. The fourth-order valence-corrected chi connectivity index (χ4v) is 0.912. The molecule has 0 radical (unpaired) electrons. The third kappa shape index (κ3) is 2.29. The number of carbonyl (C=O) groups is 1. The zero-order valence-corrected chi connectivity index (χ0v) is 8.77. The quantitative estimate of drug-likeness (QED) is 0.416. The normalized spacial score (nSPS) is 9.60. The Hall–Kier alpha value is -1.96. The van der Waals surface area contributed by atoms with Crippen molar-refractivity contribution >= 4 is 17.7 Å². The number of amides is 1. The molecule has 0 saturated carbocycles. The maximum Gasteiger partial charge on any atom is 0.275 e. The number of rotatable bonds is 3. The maximum absolute atomic E-state index is 11.3. The molecule has 0 saturated heterocycles. The molecule has 1 aromatic heterocycles. The second-order valence-electron chi connectivity index (χ2n) is 2.75. The van der Waals surface area contributed by atoms with E-state index in [4.69, 9.17) is 5.84 Å². The van der Waals surface area contributed by atoms with E-state index in [0.29, 0.717) is 5.82 Å². The molecule has 4 N–H and O–H groups in total. The molecule has 1 amide bonds. The average Bonchev–Trinajstić information content (AvgIpc) is 2.27.